The van der Waals surface area contributed by atoms with E-state index in [0.29, 0.717) is 0 Å². The van der Waals surface area contributed by atoms with Gasteiger partial charge in [-0.05, 0) is 6.92 Å². The SMILES string of the molecule is CC[NH+](CNCC(F)(F)C(F)(F)C(F)(F)C(F)(F)C(F)(F)C(F)(F)C(F)C(F)(F)C(F)F)CC(O)CS(=O)(=O)[O-].[Na+]. The first-order valence-electron chi connectivity index (χ1n) is 10.1. The third-order valence-corrected chi connectivity index (χ3v) is 5.94. The molecule has 0 aliphatic carbocycles. The fourth-order valence-electron chi connectivity index (χ4n) is 2.82. The van der Waals surface area contributed by atoms with Crippen molar-refractivity contribution in [3.8, 4) is 0 Å². The number of aliphatic hydroxyl groups excluding tert-OH is 1. The smallest absolute Gasteiger partial charge is 0.748 e. The van der Waals surface area contributed by atoms with Gasteiger partial charge in [0.05, 0.1) is 29.0 Å². The number of alkyl halides is 17. The van der Waals surface area contributed by atoms with Gasteiger partial charge < -0.3 is 14.6 Å². The molecular formula is C16H19F17N2NaO4S+. The van der Waals surface area contributed by atoms with E-state index in [1.165, 1.54) is 5.32 Å². The minimum atomic E-state index is -8.49. The molecule has 0 amide bonds. The van der Waals surface area contributed by atoms with Gasteiger partial charge in [-0.3, -0.25) is 5.32 Å². The molecule has 0 aliphatic heterocycles. The molecule has 0 aromatic heterocycles. The van der Waals surface area contributed by atoms with Gasteiger partial charge in [0.1, 0.15) is 19.3 Å². The van der Waals surface area contributed by atoms with E-state index in [1.54, 1.807) is 0 Å². The van der Waals surface area contributed by atoms with Crippen molar-refractivity contribution in [1.29, 1.82) is 0 Å². The summed E-state index contributed by atoms with van der Waals surface area (Å²) in [5.74, 6) is -55.9. The van der Waals surface area contributed by atoms with Crippen LogP contribution in [0, 0.1) is 0 Å². The maximum absolute atomic E-state index is 13.9. The van der Waals surface area contributed by atoms with Gasteiger partial charge in [0, 0.05) is 0 Å². The summed E-state index contributed by atoms with van der Waals surface area (Å²) >= 11 is 0. The van der Waals surface area contributed by atoms with Crippen molar-refractivity contribution in [1.82, 2.24) is 5.32 Å². The van der Waals surface area contributed by atoms with E-state index in [0.717, 1.165) is 6.92 Å². The minimum absolute atomic E-state index is 0. The third kappa shape index (κ3) is 8.62. The number of nitrogens with one attached hydrogen (secondary N) is 2. The first-order valence-corrected chi connectivity index (χ1v) is 11.7. The molecule has 0 aromatic rings. The second-order valence-electron chi connectivity index (χ2n) is 8.25. The summed E-state index contributed by atoms with van der Waals surface area (Å²) < 4.78 is 259. The molecule has 0 aromatic carbocycles. The molecule has 242 valence electrons. The van der Waals surface area contributed by atoms with Crippen LogP contribution < -0.4 is 39.8 Å². The van der Waals surface area contributed by atoms with Crippen LogP contribution in [-0.2, 0) is 10.1 Å². The van der Waals surface area contributed by atoms with Crippen LogP contribution in [0.4, 0.5) is 74.6 Å². The van der Waals surface area contributed by atoms with E-state index in [1.807, 2.05) is 0 Å². The Labute approximate surface area is 241 Å². The predicted molar refractivity (Wildman–Crippen MR) is 95.3 cm³/mol. The largest absolute Gasteiger partial charge is 1.00 e. The van der Waals surface area contributed by atoms with Gasteiger partial charge in [-0.25, -0.2) is 21.6 Å². The standard InChI is InChI=1S/C16H19F17N2O4S.Na/c1-2-35(3-7(36)4-40(37,38)39)6-34-5-10(20,21)13(26,27)15(30,31)16(32,33)14(28,29)12(24,25)8(17)11(22,23)9(18)19;/h7-9,34,36H,2-6H2,1H3,(H,37,38,39);/q;+1. The second kappa shape index (κ2) is 13.7. The van der Waals surface area contributed by atoms with Crippen molar-refractivity contribution < 1.29 is 127 Å². The van der Waals surface area contributed by atoms with Crippen LogP contribution in [-0.4, -0.2) is 110 Å². The molecule has 6 nitrogen and oxygen atoms in total. The molecule has 0 rings (SSSR count). The molecule has 0 heterocycles. The number of halogens is 17. The van der Waals surface area contributed by atoms with Crippen LogP contribution in [0.2, 0.25) is 0 Å². The number of aliphatic hydroxyl groups is 1. The summed E-state index contributed by atoms with van der Waals surface area (Å²) in [4.78, 5) is -0.285. The Hall–Kier alpha value is -0.400. The number of rotatable bonds is 17. The maximum atomic E-state index is 13.9. The molecule has 0 fully saturated rings. The quantitative estimate of drug-likeness (QED) is 0.0827. The van der Waals surface area contributed by atoms with Gasteiger partial charge >= 0.3 is 77.4 Å². The predicted octanol–water partition coefficient (Wildman–Crippen LogP) is -0.601. The van der Waals surface area contributed by atoms with Gasteiger partial charge in [0.2, 0.25) is 6.17 Å². The average molecular weight is 681 g/mol. The molecule has 3 N–H and O–H groups in total. The van der Waals surface area contributed by atoms with E-state index < -0.39 is 95.8 Å². The first kappa shape index (κ1) is 42.7. The first-order chi connectivity index (χ1) is 17.4. The van der Waals surface area contributed by atoms with Crippen LogP contribution in [0.5, 0.6) is 0 Å². The van der Waals surface area contributed by atoms with Crippen LogP contribution in [0.25, 0.3) is 0 Å². The number of likely N-dealkylation sites (N-methyl/N-ethyl adjacent to an activating group) is 1. The van der Waals surface area contributed by atoms with Gasteiger partial charge in [-0.1, -0.05) is 0 Å². The molecule has 25 heteroatoms. The monoisotopic (exact) mass is 681 g/mol. The van der Waals surface area contributed by atoms with E-state index in [4.69, 9.17) is 0 Å². The Morgan fingerprint density at radius 2 is 1.22 bits per heavy atom. The Kier molecular flexibility index (Phi) is 14.3. The van der Waals surface area contributed by atoms with Crippen LogP contribution >= 0.6 is 0 Å². The van der Waals surface area contributed by atoms with Crippen molar-refractivity contribution in [2.75, 3.05) is 32.1 Å². The second-order valence-corrected chi connectivity index (χ2v) is 9.70. The molecule has 0 saturated heterocycles. The Bertz CT molecular complexity index is 954. The molecule has 3 atom stereocenters. The average Bonchev–Trinajstić information content (AvgIpc) is 2.75. The third-order valence-electron chi connectivity index (χ3n) is 5.15. The van der Waals surface area contributed by atoms with E-state index in [2.05, 4.69) is 0 Å². The van der Waals surface area contributed by atoms with Crippen molar-refractivity contribution in [3.05, 3.63) is 0 Å². The van der Waals surface area contributed by atoms with Crippen molar-refractivity contribution >= 4 is 10.1 Å². The number of quaternary nitrogens is 1. The van der Waals surface area contributed by atoms with Gasteiger partial charge in [0.25, 0.3) is 0 Å². The summed E-state index contributed by atoms with van der Waals surface area (Å²) in [5.41, 5.74) is 0. The molecule has 41 heavy (non-hydrogen) atoms. The zero-order chi connectivity index (χ0) is 32.6. The van der Waals surface area contributed by atoms with Crippen molar-refractivity contribution in [2.24, 2.45) is 0 Å². The van der Waals surface area contributed by atoms with E-state index in [9.17, 15) is 92.7 Å². The van der Waals surface area contributed by atoms with Crippen molar-refractivity contribution in [2.45, 2.75) is 67.1 Å². The molecule has 0 spiro atoms. The summed E-state index contributed by atoms with van der Waals surface area (Å²) in [5, 5.41) is 10.6. The van der Waals surface area contributed by atoms with Crippen LogP contribution in [0.1, 0.15) is 6.92 Å². The number of hydrogen-bond acceptors (Lipinski definition) is 5. The molecule has 0 radical (unpaired) electrons. The maximum Gasteiger partial charge on any atom is 1.00 e. The molecular weight excluding hydrogens is 662 g/mol. The fourth-order valence-corrected chi connectivity index (χ4v) is 3.41. The summed E-state index contributed by atoms with van der Waals surface area (Å²) in [6.07, 6.45) is -14.0. The zero-order valence-corrected chi connectivity index (χ0v) is 23.1. The summed E-state index contributed by atoms with van der Waals surface area (Å²) in [6, 6.07) is 0. The summed E-state index contributed by atoms with van der Waals surface area (Å²) in [7, 11) is -5.04. The van der Waals surface area contributed by atoms with Gasteiger partial charge in [0.15, 0.2) is 0 Å². The fraction of sp³-hybridized carbons (Fsp3) is 1.00. The van der Waals surface area contributed by atoms with Crippen LogP contribution in [0.15, 0.2) is 0 Å². The zero-order valence-electron chi connectivity index (χ0n) is 20.3. The normalized spacial score (nSPS) is 17.3. The Morgan fingerprint density at radius 3 is 1.59 bits per heavy atom. The van der Waals surface area contributed by atoms with Gasteiger partial charge in [-0.2, -0.15) is 61.5 Å². The summed E-state index contributed by atoms with van der Waals surface area (Å²) in [6.45, 7) is -3.93. The molecule has 0 aliphatic rings. The molecule has 3 unspecified atom stereocenters. The van der Waals surface area contributed by atoms with Crippen LogP contribution in [0.3, 0.4) is 0 Å². The topological polar surface area (TPSA) is 93.9 Å². The Morgan fingerprint density at radius 1 is 0.805 bits per heavy atom. The minimum Gasteiger partial charge on any atom is -0.748 e. The van der Waals surface area contributed by atoms with Gasteiger partial charge in [-0.15, -0.1) is 0 Å². The molecule has 0 bridgehead atoms. The van der Waals surface area contributed by atoms with E-state index in [-0.39, 0.29) is 41.0 Å². The Balaban J connectivity index is 0. The van der Waals surface area contributed by atoms with E-state index >= 15 is 0 Å². The molecule has 0 saturated carbocycles. The van der Waals surface area contributed by atoms with Crippen molar-refractivity contribution in [3.63, 3.8) is 0 Å². The number of hydrogen-bond donors (Lipinski definition) is 3.